The van der Waals surface area contributed by atoms with Crippen molar-refractivity contribution in [2.45, 2.75) is 25.2 Å². The van der Waals surface area contributed by atoms with Gasteiger partial charge in [0.25, 0.3) is 0 Å². The quantitative estimate of drug-likeness (QED) is 0.0905. The van der Waals surface area contributed by atoms with Crippen LogP contribution in [0.4, 0.5) is 0 Å². The zero-order valence-electron chi connectivity index (χ0n) is 23.8. The smallest absolute Gasteiger partial charge is 0.235 e. The summed E-state index contributed by atoms with van der Waals surface area (Å²) >= 11 is 0. The van der Waals surface area contributed by atoms with Gasteiger partial charge in [0.15, 0.2) is 11.5 Å². The number of phenolic OH excluding ortho intramolecular Hbond substituents is 6. The predicted octanol–water partition coefficient (Wildman–Crippen LogP) is 6.12. The largest absolute Gasteiger partial charge is 0.508 e. The monoisotopic (exact) mass is 608 g/mol. The number of fused-ring (bicyclic) bond motifs is 1. The molecule has 0 bridgehead atoms. The average Bonchev–Trinajstić information content (AvgIpc) is 2.98. The van der Waals surface area contributed by atoms with E-state index in [1.807, 2.05) is 13.0 Å². The molecule has 10 nitrogen and oxygen atoms in total. The number of allylic oxidation sites excluding steroid dienone is 2. The molecular formula is C35H28O10. The van der Waals surface area contributed by atoms with Crippen LogP contribution in [0.25, 0.3) is 22.3 Å². The second-order valence-electron chi connectivity index (χ2n) is 11.2. The molecule has 6 rings (SSSR count). The van der Waals surface area contributed by atoms with E-state index >= 15 is 0 Å². The molecule has 0 saturated heterocycles. The number of phenols is 6. The summed E-state index contributed by atoms with van der Waals surface area (Å²) in [4.78, 5) is 27.3. The van der Waals surface area contributed by atoms with E-state index in [0.717, 1.165) is 11.6 Å². The molecule has 0 spiro atoms. The molecule has 0 radical (unpaired) electrons. The number of hydrogen-bond acceptors (Lipinski definition) is 10. The van der Waals surface area contributed by atoms with Crippen LogP contribution < -0.4 is 5.43 Å². The van der Waals surface area contributed by atoms with Gasteiger partial charge in [0.05, 0.1) is 16.5 Å². The maximum atomic E-state index is 14.3. The van der Waals surface area contributed by atoms with Crippen molar-refractivity contribution in [2.75, 3.05) is 0 Å². The van der Waals surface area contributed by atoms with Gasteiger partial charge in [0.2, 0.25) is 11.2 Å². The Labute approximate surface area is 255 Å². The van der Waals surface area contributed by atoms with Crippen molar-refractivity contribution < 1.29 is 45.0 Å². The molecule has 1 aromatic heterocycles. The topological polar surface area (TPSA) is 189 Å². The van der Waals surface area contributed by atoms with Crippen molar-refractivity contribution in [3.63, 3.8) is 0 Å². The molecule has 0 saturated carbocycles. The van der Waals surface area contributed by atoms with Crippen molar-refractivity contribution >= 4 is 16.8 Å². The summed E-state index contributed by atoms with van der Waals surface area (Å²) in [6.45, 7) is 1.86. The molecule has 45 heavy (non-hydrogen) atoms. The van der Waals surface area contributed by atoms with Crippen molar-refractivity contribution in [2.24, 2.45) is 5.92 Å². The van der Waals surface area contributed by atoms with E-state index in [9.17, 15) is 45.3 Å². The fraction of sp³-hybridized carbons (Fsp3) is 0.143. The molecule has 0 aliphatic heterocycles. The lowest BCUT2D eigenvalue weighted by atomic mass is 9.65. The predicted molar refractivity (Wildman–Crippen MR) is 164 cm³/mol. The second kappa shape index (κ2) is 11.0. The highest BCUT2D eigenvalue weighted by atomic mass is 16.4. The van der Waals surface area contributed by atoms with E-state index in [1.165, 1.54) is 60.7 Å². The minimum absolute atomic E-state index is 0.0199. The molecule has 0 fully saturated rings. The minimum atomic E-state index is -0.953. The van der Waals surface area contributed by atoms with Crippen LogP contribution >= 0.6 is 0 Å². The first-order valence-electron chi connectivity index (χ1n) is 14.0. The van der Waals surface area contributed by atoms with Crippen molar-refractivity contribution in [3.8, 4) is 51.6 Å². The van der Waals surface area contributed by atoms with Gasteiger partial charge in [0.1, 0.15) is 40.1 Å². The van der Waals surface area contributed by atoms with Crippen LogP contribution in [0.3, 0.4) is 0 Å². The number of ketones is 1. The van der Waals surface area contributed by atoms with Crippen LogP contribution in [-0.4, -0.2) is 41.5 Å². The van der Waals surface area contributed by atoms with Crippen molar-refractivity contribution in [3.05, 3.63) is 111 Å². The molecule has 10 heteroatoms. The van der Waals surface area contributed by atoms with Crippen LogP contribution in [0.15, 0.2) is 93.7 Å². The lowest BCUT2D eigenvalue weighted by Crippen LogP contribution is -2.31. The zero-order valence-corrected chi connectivity index (χ0v) is 23.8. The van der Waals surface area contributed by atoms with Gasteiger partial charge in [-0.05, 0) is 66.9 Å². The summed E-state index contributed by atoms with van der Waals surface area (Å²) in [5.41, 5.74) is 0.816. The van der Waals surface area contributed by atoms with Gasteiger partial charge >= 0.3 is 0 Å². The van der Waals surface area contributed by atoms with Gasteiger partial charge in [0, 0.05) is 36.0 Å². The van der Waals surface area contributed by atoms with Crippen LogP contribution in [0.5, 0.6) is 40.2 Å². The van der Waals surface area contributed by atoms with E-state index in [1.54, 1.807) is 6.07 Å². The zero-order chi connectivity index (χ0) is 32.2. The highest BCUT2D eigenvalue weighted by Crippen LogP contribution is 2.50. The number of rotatable bonds is 5. The molecule has 3 unspecified atom stereocenters. The fourth-order valence-corrected chi connectivity index (χ4v) is 6.21. The number of benzene rings is 4. The fourth-order valence-electron chi connectivity index (χ4n) is 6.21. The molecule has 0 amide bonds. The maximum Gasteiger partial charge on any atom is 0.235 e. The van der Waals surface area contributed by atoms with Crippen LogP contribution in [0.1, 0.15) is 46.7 Å². The van der Waals surface area contributed by atoms with Gasteiger partial charge in [-0.25, -0.2) is 0 Å². The Morgan fingerprint density at radius 1 is 0.756 bits per heavy atom. The summed E-state index contributed by atoms with van der Waals surface area (Å²) in [6, 6.07) is 15.9. The lowest BCUT2D eigenvalue weighted by molar-refractivity contribution is 0.0877. The third-order valence-corrected chi connectivity index (χ3v) is 8.29. The average molecular weight is 609 g/mol. The molecule has 228 valence electrons. The molecule has 5 aromatic rings. The molecule has 7 N–H and O–H groups in total. The number of aromatic hydroxyl groups is 7. The summed E-state index contributed by atoms with van der Waals surface area (Å²) in [6.07, 6.45) is 2.21. The van der Waals surface area contributed by atoms with E-state index in [4.69, 9.17) is 4.42 Å². The van der Waals surface area contributed by atoms with E-state index < -0.39 is 40.5 Å². The molecule has 1 aliphatic carbocycles. The number of carbonyl (C=O) groups is 1. The SMILES string of the molecule is CC1=CC(c2ccc(O)c(-c3oc4cc(O)ccc4c(=O)c3O)c2)C(C(=O)c2ccc(O)cc2O)C(c2ccc(O)cc2O)C1. The Kier molecular flexibility index (Phi) is 7.12. The summed E-state index contributed by atoms with van der Waals surface area (Å²) in [7, 11) is 0. The van der Waals surface area contributed by atoms with Crippen LogP contribution in [0, 0.1) is 5.92 Å². The summed E-state index contributed by atoms with van der Waals surface area (Å²) in [5, 5.41) is 72.9. The maximum absolute atomic E-state index is 14.3. The van der Waals surface area contributed by atoms with Gasteiger partial charge < -0.3 is 40.2 Å². The normalized spacial score (nSPS) is 18.1. The minimum Gasteiger partial charge on any atom is -0.508 e. The second-order valence-corrected chi connectivity index (χ2v) is 11.2. The van der Waals surface area contributed by atoms with Gasteiger partial charge in [-0.15, -0.1) is 0 Å². The lowest BCUT2D eigenvalue weighted by Gasteiger charge is -2.37. The number of hydrogen-bond donors (Lipinski definition) is 7. The molecular weight excluding hydrogens is 580 g/mol. The summed E-state index contributed by atoms with van der Waals surface area (Å²) in [5.74, 6) is -5.49. The van der Waals surface area contributed by atoms with Gasteiger partial charge in [-0.2, -0.15) is 0 Å². The Hall–Kier alpha value is -5.90. The number of carbonyl (C=O) groups excluding carboxylic acids is 1. The Morgan fingerprint density at radius 3 is 2.13 bits per heavy atom. The first kappa shape index (κ1) is 29.2. The van der Waals surface area contributed by atoms with E-state index in [-0.39, 0.29) is 56.6 Å². The molecule has 1 heterocycles. The first-order valence-corrected chi connectivity index (χ1v) is 14.0. The van der Waals surface area contributed by atoms with Gasteiger partial charge in [-0.3, -0.25) is 9.59 Å². The summed E-state index contributed by atoms with van der Waals surface area (Å²) < 4.78 is 5.81. The Morgan fingerprint density at radius 2 is 1.42 bits per heavy atom. The Balaban J connectivity index is 1.55. The molecule has 1 aliphatic rings. The molecule has 4 aromatic carbocycles. The van der Waals surface area contributed by atoms with Crippen molar-refractivity contribution in [1.82, 2.24) is 0 Å². The number of Topliss-reactive ketones (excluding diaryl/α,β-unsaturated/α-hetero) is 1. The van der Waals surface area contributed by atoms with E-state index in [2.05, 4.69) is 0 Å². The highest BCUT2D eigenvalue weighted by molar-refractivity contribution is 6.02. The highest BCUT2D eigenvalue weighted by Gasteiger charge is 2.41. The standard InChI is InChI=1S/C35H28O10/c1-16-10-24(17-2-9-27(39)26(12-17)35-34(44)33(43)23-8-5-20(38)15-30(23)45-35)31(32(42)22-7-4-19(37)14-29(22)41)25(11-16)21-6-3-18(36)13-28(21)40/h2-10,12-15,24-25,31,36-41,44H,11H2,1H3. The van der Waals surface area contributed by atoms with E-state index in [0.29, 0.717) is 17.5 Å². The third-order valence-electron chi connectivity index (χ3n) is 8.29. The van der Waals surface area contributed by atoms with Crippen LogP contribution in [-0.2, 0) is 0 Å². The van der Waals surface area contributed by atoms with Crippen molar-refractivity contribution in [1.29, 1.82) is 0 Å². The third kappa shape index (κ3) is 5.16. The first-order chi connectivity index (χ1) is 21.4. The molecule has 3 atom stereocenters. The Bertz CT molecular complexity index is 2090. The van der Waals surface area contributed by atoms with Gasteiger partial charge in [-0.1, -0.05) is 23.8 Å². The van der Waals surface area contributed by atoms with Crippen LogP contribution in [0.2, 0.25) is 0 Å².